The van der Waals surface area contributed by atoms with E-state index in [0.29, 0.717) is 73.4 Å². The van der Waals surface area contributed by atoms with E-state index in [1.165, 1.54) is 11.1 Å². The van der Waals surface area contributed by atoms with Gasteiger partial charge in [-0.15, -0.1) is 0 Å². The van der Waals surface area contributed by atoms with Gasteiger partial charge in [0.25, 0.3) is 17.7 Å². The highest BCUT2D eigenvalue weighted by molar-refractivity contribution is 5.94. The molecule has 20 heteroatoms. The second-order valence-corrected chi connectivity index (χ2v) is 24.6. The lowest BCUT2D eigenvalue weighted by Crippen LogP contribution is -2.47. The summed E-state index contributed by atoms with van der Waals surface area (Å²) in [6, 6.07) is 31.4. The number of fused-ring (bicyclic) bond motifs is 4. The molecule has 3 aromatic heterocycles. The van der Waals surface area contributed by atoms with Gasteiger partial charge < -0.3 is 55.7 Å². The van der Waals surface area contributed by atoms with E-state index in [1.54, 1.807) is 25.1 Å². The first kappa shape index (κ1) is 59.7. The van der Waals surface area contributed by atoms with Crippen molar-refractivity contribution in [3.63, 3.8) is 0 Å². The van der Waals surface area contributed by atoms with Gasteiger partial charge in [-0.1, -0.05) is 107 Å². The molecule has 8 aliphatic rings. The lowest BCUT2D eigenvalue weighted by molar-refractivity contribution is -0.134. The Hall–Kier alpha value is -7.97. The number of likely N-dealkylation sites (tertiary alicyclic amines) is 3. The molecular weight excluding hydrogens is 1090 g/mol. The van der Waals surface area contributed by atoms with Crippen molar-refractivity contribution in [2.45, 2.75) is 146 Å². The van der Waals surface area contributed by atoms with Crippen LogP contribution >= 0.6 is 0 Å². The number of benzene rings is 3. The number of piperidine rings is 3. The summed E-state index contributed by atoms with van der Waals surface area (Å²) in [6.45, 7) is 9.84. The number of nitrogens with zero attached hydrogens (tertiary/aromatic N) is 6. The molecular formula is C66H81N11O9. The van der Waals surface area contributed by atoms with Crippen molar-refractivity contribution in [1.29, 1.82) is 0 Å². The molecule has 3 saturated heterocycles. The number of rotatable bonds is 14. The summed E-state index contributed by atoms with van der Waals surface area (Å²) >= 11 is 0. The first-order chi connectivity index (χ1) is 41.7. The molecule has 3 aromatic carbocycles. The summed E-state index contributed by atoms with van der Waals surface area (Å²) in [5, 5.41) is 21.5. The molecule has 6 unspecified atom stereocenters. The van der Waals surface area contributed by atoms with Crippen LogP contribution in [0.4, 0.5) is 0 Å². The van der Waals surface area contributed by atoms with Crippen LogP contribution in [0.15, 0.2) is 111 Å². The molecule has 0 radical (unpaired) electrons. The van der Waals surface area contributed by atoms with E-state index in [1.807, 2.05) is 58.9 Å². The number of amides is 6. The summed E-state index contributed by atoms with van der Waals surface area (Å²) in [5.74, 6) is 4.33. The zero-order valence-electron chi connectivity index (χ0n) is 49.5. The number of carbonyl (C=O) groups is 6. The number of hydrogen-bond donors (Lipinski definition) is 5. The minimum atomic E-state index is -0.484. The van der Waals surface area contributed by atoms with Crippen molar-refractivity contribution in [3.8, 4) is 0 Å². The zero-order chi connectivity index (χ0) is 60.0. The molecule has 7 N–H and O–H groups in total. The summed E-state index contributed by atoms with van der Waals surface area (Å²) in [7, 11) is 0. The Kier molecular flexibility index (Phi) is 18.6. The third-order valence-corrected chi connectivity index (χ3v) is 18.5. The van der Waals surface area contributed by atoms with E-state index in [9.17, 15) is 28.8 Å². The monoisotopic (exact) mass is 1170 g/mol. The zero-order valence-corrected chi connectivity index (χ0v) is 49.5. The topological polar surface area (TPSA) is 278 Å². The minimum Gasteiger partial charge on any atom is -0.360 e. The van der Waals surface area contributed by atoms with Crippen molar-refractivity contribution in [2.75, 3.05) is 45.8 Å². The Morgan fingerprint density at radius 2 is 1.10 bits per heavy atom. The van der Waals surface area contributed by atoms with Crippen molar-refractivity contribution >= 4 is 35.4 Å². The summed E-state index contributed by atoms with van der Waals surface area (Å²) < 4.78 is 16.2. The molecule has 454 valence electrons. The molecule has 5 aliphatic heterocycles. The second-order valence-electron chi connectivity index (χ2n) is 24.6. The van der Waals surface area contributed by atoms with Gasteiger partial charge in [0.05, 0.1) is 30.7 Å². The number of hydrogen-bond acceptors (Lipinski definition) is 14. The maximum atomic E-state index is 12.9. The molecule has 8 heterocycles. The molecule has 20 nitrogen and oxygen atoms in total. The fraction of sp³-hybridized carbons (Fsp3) is 0.500. The molecule has 6 amide bonds. The van der Waals surface area contributed by atoms with Crippen LogP contribution in [-0.4, -0.2) is 117 Å². The van der Waals surface area contributed by atoms with Gasteiger partial charge in [0.15, 0.2) is 17.1 Å². The highest BCUT2D eigenvalue weighted by Gasteiger charge is 2.44. The normalized spacial score (nSPS) is 21.6. The Morgan fingerprint density at radius 3 is 1.63 bits per heavy atom. The molecule has 86 heavy (non-hydrogen) atoms. The van der Waals surface area contributed by atoms with Crippen LogP contribution in [0, 0.1) is 24.7 Å². The quantitative estimate of drug-likeness (QED) is 0.0684. The lowest BCUT2D eigenvalue weighted by Gasteiger charge is -2.37. The third-order valence-electron chi connectivity index (χ3n) is 18.5. The van der Waals surface area contributed by atoms with Gasteiger partial charge >= 0.3 is 0 Å². The highest BCUT2D eigenvalue weighted by atomic mass is 16.5. The average molecular weight is 1170 g/mol. The lowest BCUT2D eigenvalue weighted by atomic mass is 9.84. The summed E-state index contributed by atoms with van der Waals surface area (Å²) in [4.78, 5) is 80.3. The second kappa shape index (κ2) is 26.7. The van der Waals surface area contributed by atoms with Crippen LogP contribution in [0.25, 0.3) is 0 Å². The number of nitrogens with one attached hydrogen (secondary N) is 3. The van der Waals surface area contributed by atoms with Gasteiger partial charge in [0, 0.05) is 81.6 Å². The van der Waals surface area contributed by atoms with Gasteiger partial charge in [-0.3, -0.25) is 28.8 Å². The predicted molar refractivity (Wildman–Crippen MR) is 319 cm³/mol. The van der Waals surface area contributed by atoms with Crippen LogP contribution in [-0.2, 0) is 14.4 Å². The van der Waals surface area contributed by atoms with E-state index >= 15 is 0 Å². The molecule has 4 bridgehead atoms. The van der Waals surface area contributed by atoms with Crippen LogP contribution < -0.4 is 27.4 Å². The molecule has 6 aromatic rings. The Balaban J connectivity index is 0.000000134. The third kappa shape index (κ3) is 14.3. The van der Waals surface area contributed by atoms with Gasteiger partial charge in [0.2, 0.25) is 17.7 Å². The maximum absolute atomic E-state index is 12.9. The predicted octanol–water partition coefficient (Wildman–Crippen LogP) is 8.52. The number of aryl methyl sites for hydroxylation is 1. The summed E-state index contributed by atoms with van der Waals surface area (Å²) in [6.07, 6.45) is 11.0. The van der Waals surface area contributed by atoms with Crippen molar-refractivity contribution in [1.82, 2.24) is 46.1 Å². The Bertz CT molecular complexity index is 3310. The molecule has 6 atom stereocenters. The van der Waals surface area contributed by atoms with Crippen molar-refractivity contribution in [2.24, 2.45) is 29.2 Å². The summed E-state index contributed by atoms with van der Waals surface area (Å²) in [5.41, 5.74) is 18.0. The van der Waals surface area contributed by atoms with Crippen LogP contribution in [0.5, 0.6) is 0 Å². The highest BCUT2D eigenvalue weighted by Crippen LogP contribution is 2.55. The smallest absolute Gasteiger partial charge is 0.273 e. The maximum Gasteiger partial charge on any atom is 0.273 e. The van der Waals surface area contributed by atoms with Gasteiger partial charge in [0.1, 0.15) is 17.3 Å². The van der Waals surface area contributed by atoms with E-state index in [-0.39, 0.29) is 77.9 Å². The van der Waals surface area contributed by atoms with Crippen molar-refractivity contribution in [3.05, 3.63) is 159 Å². The van der Waals surface area contributed by atoms with E-state index in [0.717, 1.165) is 118 Å². The average Bonchev–Trinajstić information content (AvgIpc) is 2.21. The SMILES string of the molecule is CCC(=O)N1CCC(C(NC(=O)c2cc(C3CC3)on2)c2ccccc2)CC1.Cc1ccc(C(NC(=O)c2cc(C3CC3)on2)C2CCN(C(=O)C(C)N)CC2)cc1.NCC(=O)N1CCC(C2NC(=O)c3cc(on3)C3CC3c3ccc2cc3)CC1. The largest absolute Gasteiger partial charge is 0.360 e. The Labute approximate surface area is 501 Å². The molecule has 3 aliphatic carbocycles. The van der Waals surface area contributed by atoms with Crippen LogP contribution in [0.2, 0.25) is 0 Å². The van der Waals surface area contributed by atoms with Gasteiger partial charge in [-0.05, 0) is 130 Å². The van der Waals surface area contributed by atoms with E-state index in [4.69, 9.17) is 25.0 Å². The first-order valence-corrected chi connectivity index (χ1v) is 31.1. The molecule has 6 fully saturated rings. The van der Waals surface area contributed by atoms with E-state index in [2.05, 4.69) is 80.0 Å². The molecule has 0 spiro atoms. The van der Waals surface area contributed by atoms with Crippen LogP contribution in [0.1, 0.15) is 209 Å². The standard InChI is InChI=1S/C23H30N4O3.C22H27N3O3.C21H24N4O3/c1-14-3-5-17(6-4-14)21(18-9-11-27(12-10-18)23(29)15(2)24)25-22(28)19-13-20(30-26-19)16-7-8-16;1-2-20(26)25-12-10-17(11-13-25)21(16-6-4-3-5-7-16)23-22(27)18-14-19(28-24-18)15-8-9-15;22-11-19(26)25-7-5-14(6-8-25)20-13-3-1-12(2-4-13)15-9-16(15)18-10-17(24-28-18)21(27)23-20/h3-6,13,15-16,18,21H,7-12,24H2,1-2H3,(H,25,28);3-7,14-15,17,21H,2,8-13H2,1H3,(H,23,27);1-4,10,14-16,20H,5-9,11,22H2,(H,23,27). The fourth-order valence-corrected chi connectivity index (χ4v) is 12.9. The van der Waals surface area contributed by atoms with E-state index < -0.39 is 6.04 Å². The van der Waals surface area contributed by atoms with Gasteiger partial charge in [-0.25, -0.2) is 0 Å². The molecule has 14 rings (SSSR count). The molecule has 3 saturated carbocycles. The number of nitrogens with two attached hydrogens (primary N) is 2. The van der Waals surface area contributed by atoms with Crippen molar-refractivity contribution < 1.29 is 42.3 Å². The number of aromatic nitrogens is 3. The fourth-order valence-electron chi connectivity index (χ4n) is 12.9. The van der Waals surface area contributed by atoms with Crippen LogP contribution in [0.3, 0.4) is 0 Å². The number of carbonyl (C=O) groups excluding carboxylic acids is 6. The Morgan fingerprint density at radius 1 is 0.605 bits per heavy atom. The first-order valence-electron chi connectivity index (χ1n) is 31.1. The van der Waals surface area contributed by atoms with Gasteiger partial charge in [-0.2, -0.15) is 0 Å². The minimum absolute atomic E-state index is 0.0142.